The highest BCUT2D eigenvalue weighted by Gasteiger charge is 2.17. The first kappa shape index (κ1) is 11.7. The maximum atomic E-state index is 12.0. The molecule has 1 rings (SSSR count). The van der Waals surface area contributed by atoms with Crippen molar-refractivity contribution in [3.8, 4) is 0 Å². The van der Waals surface area contributed by atoms with Gasteiger partial charge in [-0.25, -0.2) is 8.78 Å². The van der Waals surface area contributed by atoms with E-state index in [1.165, 1.54) is 12.1 Å². The summed E-state index contributed by atoms with van der Waals surface area (Å²) in [5, 5.41) is 9.57. The lowest BCUT2D eigenvalue weighted by Gasteiger charge is -2.09. The largest absolute Gasteiger partial charge is 0.387 e. The molecule has 0 aliphatic carbocycles. The van der Waals surface area contributed by atoms with Gasteiger partial charge < -0.3 is 5.11 Å². The van der Waals surface area contributed by atoms with E-state index >= 15 is 0 Å². The van der Waals surface area contributed by atoms with Gasteiger partial charge in [0.15, 0.2) is 0 Å². The van der Waals surface area contributed by atoms with Crippen LogP contribution in [-0.2, 0) is 6.42 Å². The molecule has 14 heavy (non-hydrogen) atoms. The monoisotopic (exact) mass is 240 g/mol. The molecule has 0 spiro atoms. The van der Waals surface area contributed by atoms with Crippen molar-refractivity contribution in [2.45, 2.75) is 19.0 Å². The fourth-order valence-corrected chi connectivity index (χ4v) is 1.32. The van der Waals surface area contributed by atoms with E-state index in [0.717, 1.165) is 0 Å². The fourth-order valence-electron chi connectivity index (χ4n) is 0.997. The van der Waals surface area contributed by atoms with Gasteiger partial charge in [-0.1, -0.05) is 29.3 Å². The molecule has 0 saturated heterocycles. The third-order valence-corrected chi connectivity index (χ3v) is 2.46. The summed E-state index contributed by atoms with van der Waals surface area (Å²) in [5.41, 5.74) is 0.534. The van der Waals surface area contributed by atoms with E-state index in [1.807, 2.05) is 0 Å². The fraction of sp³-hybridized carbons (Fsp3) is 0.333. The van der Waals surface area contributed by atoms with Crippen LogP contribution in [0.3, 0.4) is 0 Å². The normalized spacial score (nSPS) is 13.3. The molecule has 0 heterocycles. The molecule has 1 aromatic carbocycles. The van der Waals surface area contributed by atoms with Crippen molar-refractivity contribution in [3.63, 3.8) is 0 Å². The molecular weight excluding hydrogens is 233 g/mol. The number of benzene rings is 1. The molecule has 1 unspecified atom stereocenters. The molecule has 0 aliphatic rings. The SMILES string of the molecule is OC(Cc1ccc(Cl)c(Cl)c1)C(F)F. The van der Waals surface area contributed by atoms with E-state index in [1.54, 1.807) is 6.07 Å². The van der Waals surface area contributed by atoms with E-state index < -0.39 is 12.5 Å². The molecule has 0 aliphatic heterocycles. The summed E-state index contributed by atoms with van der Waals surface area (Å²) >= 11 is 11.3. The van der Waals surface area contributed by atoms with E-state index in [4.69, 9.17) is 28.3 Å². The Bertz CT molecular complexity index is 318. The smallest absolute Gasteiger partial charge is 0.264 e. The first-order valence-corrected chi connectivity index (χ1v) is 4.66. The Labute approximate surface area is 90.3 Å². The number of alkyl halides is 2. The number of hydrogen-bond acceptors (Lipinski definition) is 1. The minimum atomic E-state index is -2.75. The molecular formula is C9H8Cl2F2O. The topological polar surface area (TPSA) is 20.2 Å². The van der Waals surface area contributed by atoms with Gasteiger partial charge in [-0.05, 0) is 17.7 Å². The third kappa shape index (κ3) is 3.08. The average molecular weight is 241 g/mol. The first-order valence-electron chi connectivity index (χ1n) is 3.91. The summed E-state index contributed by atoms with van der Waals surface area (Å²) < 4.78 is 24.0. The quantitative estimate of drug-likeness (QED) is 0.861. The van der Waals surface area contributed by atoms with Crippen LogP contribution in [0.2, 0.25) is 10.0 Å². The minimum absolute atomic E-state index is 0.130. The van der Waals surface area contributed by atoms with E-state index in [-0.39, 0.29) is 6.42 Å². The zero-order chi connectivity index (χ0) is 10.7. The van der Waals surface area contributed by atoms with Crippen molar-refractivity contribution in [1.82, 2.24) is 0 Å². The van der Waals surface area contributed by atoms with Gasteiger partial charge in [-0.3, -0.25) is 0 Å². The standard InChI is InChI=1S/C9H8Cl2F2O/c10-6-2-1-5(3-7(6)11)4-8(14)9(12)13/h1-3,8-9,14H,4H2. The summed E-state index contributed by atoms with van der Waals surface area (Å²) in [5.74, 6) is 0. The van der Waals surface area contributed by atoms with Crippen LogP contribution >= 0.6 is 23.2 Å². The molecule has 1 nitrogen and oxygen atoms in total. The van der Waals surface area contributed by atoms with Crippen LogP contribution in [-0.4, -0.2) is 17.6 Å². The molecule has 1 N–H and O–H groups in total. The minimum Gasteiger partial charge on any atom is -0.387 e. The number of rotatable bonds is 3. The third-order valence-electron chi connectivity index (χ3n) is 1.72. The zero-order valence-corrected chi connectivity index (χ0v) is 8.56. The van der Waals surface area contributed by atoms with Gasteiger partial charge in [-0.15, -0.1) is 0 Å². The van der Waals surface area contributed by atoms with Crippen LogP contribution in [0.15, 0.2) is 18.2 Å². The van der Waals surface area contributed by atoms with Crippen LogP contribution in [0.25, 0.3) is 0 Å². The lowest BCUT2D eigenvalue weighted by Crippen LogP contribution is -2.19. The molecule has 0 saturated carbocycles. The predicted molar refractivity (Wildman–Crippen MR) is 52.2 cm³/mol. The molecule has 5 heteroatoms. The Balaban J connectivity index is 2.73. The summed E-state index contributed by atoms with van der Waals surface area (Å²) in [6.07, 6.45) is -4.54. The van der Waals surface area contributed by atoms with E-state index in [0.29, 0.717) is 15.6 Å². The number of halogens is 4. The summed E-state index contributed by atoms with van der Waals surface area (Å²) in [4.78, 5) is 0. The van der Waals surface area contributed by atoms with Crippen LogP contribution in [0.4, 0.5) is 8.78 Å². The lowest BCUT2D eigenvalue weighted by molar-refractivity contribution is -0.00365. The van der Waals surface area contributed by atoms with Crippen LogP contribution in [0, 0.1) is 0 Å². The van der Waals surface area contributed by atoms with Crippen LogP contribution < -0.4 is 0 Å². The Morgan fingerprint density at radius 3 is 2.36 bits per heavy atom. The van der Waals surface area contributed by atoms with Crippen molar-refractivity contribution in [3.05, 3.63) is 33.8 Å². The Hall–Kier alpha value is -0.380. The molecule has 1 atom stereocenters. The summed E-state index contributed by atoms with van der Waals surface area (Å²) in [6.45, 7) is 0. The molecule has 78 valence electrons. The molecule has 0 fully saturated rings. The van der Waals surface area contributed by atoms with Crippen LogP contribution in [0.1, 0.15) is 5.56 Å². The molecule has 0 amide bonds. The number of aliphatic hydroxyl groups is 1. The van der Waals surface area contributed by atoms with Gasteiger partial charge >= 0.3 is 0 Å². The Morgan fingerprint density at radius 1 is 1.21 bits per heavy atom. The molecule has 1 aromatic rings. The maximum Gasteiger partial charge on any atom is 0.264 e. The number of aliphatic hydroxyl groups excluding tert-OH is 1. The van der Waals surface area contributed by atoms with E-state index in [2.05, 4.69) is 0 Å². The second-order valence-electron chi connectivity index (χ2n) is 2.85. The highest BCUT2D eigenvalue weighted by molar-refractivity contribution is 6.42. The summed E-state index contributed by atoms with van der Waals surface area (Å²) in [6, 6.07) is 4.53. The van der Waals surface area contributed by atoms with Gasteiger partial charge in [0.05, 0.1) is 10.0 Å². The van der Waals surface area contributed by atoms with Gasteiger partial charge in [0.25, 0.3) is 6.43 Å². The van der Waals surface area contributed by atoms with Crippen LogP contribution in [0.5, 0.6) is 0 Å². The van der Waals surface area contributed by atoms with Crippen molar-refractivity contribution < 1.29 is 13.9 Å². The highest BCUT2D eigenvalue weighted by atomic mass is 35.5. The lowest BCUT2D eigenvalue weighted by atomic mass is 10.1. The van der Waals surface area contributed by atoms with Gasteiger partial charge in [0.1, 0.15) is 6.10 Å². The average Bonchev–Trinajstić information content (AvgIpc) is 2.11. The second kappa shape index (κ2) is 4.91. The molecule has 0 aromatic heterocycles. The van der Waals surface area contributed by atoms with Gasteiger partial charge in [-0.2, -0.15) is 0 Å². The Kier molecular flexibility index (Phi) is 4.11. The highest BCUT2D eigenvalue weighted by Crippen LogP contribution is 2.23. The van der Waals surface area contributed by atoms with Gasteiger partial charge in [0.2, 0.25) is 0 Å². The van der Waals surface area contributed by atoms with Crippen molar-refractivity contribution in [2.24, 2.45) is 0 Å². The maximum absolute atomic E-state index is 12.0. The number of hydrogen-bond donors (Lipinski definition) is 1. The Morgan fingerprint density at radius 2 is 1.86 bits per heavy atom. The summed E-state index contributed by atoms with van der Waals surface area (Å²) in [7, 11) is 0. The molecule has 0 radical (unpaired) electrons. The van der Waals surface area contributed by atoms with Crippen molar-refractivity contribution in [1.29, 1.82) is 0 Å². The molecule has 0 bridgehead atoms. The van der Waals surface area contributed by atoms with Crippen molar-refractivity contribution in [2.75, 3.05) is 0 Å². The van der Waals surface area contributed by atoms with Crippen molar-refractivity contribution >= 4 is 23.2 Å². The predicted octanol–water partition coefficient (Wildman–Crippen LogP) is 3.16. The first-order chi connectivity index (χ1) is 6.50. The van der Waals surface area contributed by atoms with Gasteiger partial charge in [0, 0.05) is 6.42 Å². The zero-order valence-electron chi connectivity index (χ0n) is 7.05. The second-order valence-corrected chi connectivity index (χ2v) is 3.67. The van der Waals surface area contributed by atoms with E-state index in [9.17, 15) is 8.78 Å².